The predicted octanol–water partition coefficient (Wildman–Crippen LogP) is 29.2. The molecule has 0 N–H and O–H groups in total. The average molecular weight is 1880 g/mol. The maximum absolute atomic E-state index is 13.8. The number of halogens is 5. The first-order chi connectivity index (χ1) is 70.3. The molecule has 4 aromatic heterocycles. The molecule has 0 saturated heterocycles. The van der Waals surface area contributed by atoms with Crippen molar-refractivity contribution in [2.75, 3.05) is 0 Å². The zero-order chi connectivity index (χ0) is 98.7. The summed E-state index contributed by atoms with van der Waals surface area (Å²) in [4.78, 5) is 57.7. The summed E-state index contributed by atoms with van der Waals surface area (Å²) in [7, 11) is 0. The van der Waals surface area contributed by atoms with E-state index in [4.69, 9.17) is 49.8 Å². The normalized spacial score (nSPS) is 11.0. The third-order valence-corrected chi connectivity index (χ3v) is 25.2. The highest BCUT2D eigenvalue weighted by Gasteiger charge is 2.30. The molecule has 0 saturated carbocycles. The van der Waals surface area contributed by atoms with Crippen LogP contribution in [-0.2, 0) is 0 Å². The second-order valence-corrected chi connectivity index (χ2v) is 35.4. The fourth-order valence-corrected chi connectivity index (χ4v) is 18.1. The highest BCUT2D eigenvalue weighted by molar-refractivity contribution is 6.96. The Labute approximate surface area is 832 Å². The molecule has 144 heavy (non-hydrogen) atoms. The van der Waals surface area contributed by atoms with Gasteiger partial charge in [0.2, 0.25) is 6.71 Å². The van der Waals surface area contributed by atoms with Crippen LogP contribution in [0.1, 0.15) is 33.4 Å². The molecular formula is C126H90BF5N12. The summed E-state index contributed by atoms with van der Waals surface area (Å²) in [5.74, 6) is 4.35. The quantitative estimate of drug-likeness (QED) is 0.0527. The standard InChI is InChI=1S/C45H38BF2N3.C42H26F2N6.C39H26FN3/c1-27-23-29(3)41(30(4)24-27)46(42-31(5)25-28(2)26-32(42)6)38-17-11-34(12-18-38)33-7-9-35(10-8-33)43-49-44(36-13-19-39(47)20-14-36)51-45(50-43)37-15-21-40(48)22-16-37;43-35-21-17-29(18-22-35)39-46-40(30-19-23-36(44)24-20-30)50-42(49-39)34-16-8-14-32(26-34)31-13-7-15-33(25-31)41-47-37(27-9-3-1-4-10-27)45-38(48-41)28-11-5-2-6-12-28;40-36-25-23-32(24-26-36)31-15-21-35(22-16-31)39-42-37(33-17-11-29(12-18-33)27-7-3-1-4-8-27)41-38(43-39)34-19-13-30(14-20-34)28-9-5-2-6-10-28/h7-26H,1-6H3;1-26H;1-26H. The van der Waals surface area contributed by atoms with Crippen LogP contribution in [0.2, 0.25) is 0 Å². The zero-order valence-electron chi connectivity index (χ0n) is 79.4. The number of nitrogens with zero attached hydrogens (tertiary/aromatic N) is 12. The van der Waals surface area contributed by atoms with Gasteiger partial charge in [0.1, 0.15) is 29.1 Å². The van der Waals surface area contributed by atoms with E-state index in [1.807, 2.05) is 176 Å². The second-order valence-electron chi connectivity index (χ2n) is 35.4. The minimum absolute atomic E-state index is 0.108. The molecule has 4 heterocycles. The van der Waals surface area contributed by atoms with Crippen LogP contribution >= 0.6 is 0 Å². The van der Waals surface area contributed by atoms with Crippen molar-refractivity contribution < 1.29 is 22.0 Å². The lowest BCUT2D eigenvalue weighted by Crippen LogP contribution is -2.55. The Morgan fingerprint density at radius 2 is 0.285 bits per heavy atom. The van der Waals surface area contributed by atoms with Crippen LogP contribution < -0.4 is 16.4 Å². The van der Waals surface area contributed by atoms with Crippen LogP contribution in [0.15, 0.2) is 437 Å². The molecular weight excluding hydrogens is 1790 g/mol. The van der Waals surface area contributed by atoms with Crippen molar-refractivity contribution in [2.24, 2.45) is 0 Å². The van der Waals surface area contributed by atoms with Crippen LogP contribution in [0, 0.1) is 70.6 Å². The maximum Gasteiger partial charge on any atom is 0.242 e. The van der Waals surface area contributed by atoms with Gasteiger partial charge in [-0.2, -0.15) is 0 Å². The van der Waals surface area contributed by atoms with Crippen molar-refractivity contribution in [2.45, 2.75) is 41.5 Å². The lowest BCUT2D eigenvalue weighted by molar-refractivity contribution is 0.627. The van der Waals surface area contributed by atoms with Gasteiger partial charge in [0.05, 0.1) is 0 Å². The van der Waals surface area contributed by atoms with Crippen LogP contribution in [0.5, 0.6) is 0 Å². The van der Waals surface area contributed by atoms with Crippen molar-refractivity contribution in [1.29, 1.82) is 0 Å². The molecule has 22 rings (SSSR count). The molecule has 0 bridgehead atoms. The number of rotatable bonds is 20. The number of aryl methyl sites for hydroxylation is 6. The summed E-state index contributed by atoms with van der Waals surface area (Å²) in [6.45, 7) is 13.4. The Morgan fingerprint density at radius 1 is 0.139 bits per heavy atom. The van der Waals surface area contributed by atoms with Gasteiger partial charge in [-0.25, -0.2) is 81.8 Å². The monoisotopic (exact) mass is 1880 g/mol. The van der Waals surface area contributed by atoms with Gasteiger partial charge >= 0.3 is 0 Å². The molecule has 12 nitrogen and oxygen atoms in total. The van der Waals surface area contributed by atoms with E-state index < -0.39 is 0 Å². The molecule has 0 atom stereocenters. The van der Waals surface area contributed by atoms with Crippen molar-refractivity contribution in [3.8, 4) is 192 Å². The molecule has 18 heteroatoms. The van der Waals surface area contributed by atoms with Crippen LogP contribution in [-0.4, -0.2) is 66.5 Å². The summed E-state index contributed by atoms with van der Waals surface area (Å²) in [5.41, 5.74) is 31.8. The first-order valence-corrected chi connectivity index (χ1v) is 47.2. The van der Waals surface area contributed by atoms with E-state index in [9.17, 15) is 22.0 Å². The Kier molecular flexibility index (Phi) is 27.4. The molecule has 0 fully saturated rings. The number of hydrogen-bond acceptors (Lipinski definition) is 12. The summed E-state index contributed by atoms with van der Waals surface area (Å²) in [5, 5.41) is 0. The van der Waals surface area contributed by atoms with Crippen molar-refractivity contribution in [3.63, 3.8) is 0 Å². The van der Waals surface area contributed by atoms with Crippen molar-refractivity contribution in [1.82, 2.24) is 59.8 Å². The highest BCUT2D eigenvalue weighted by atomic mass is 19.1. The smallest absolute Gasteiger partial charge is 0.208 e. The van der Waals surface area contributed by atoms with Gasteiger partial charge in [0.15, 0.2) is 69.9 Å². The van der Waals surface area contributed by atoms with Crippen molar-refractivity contribution >= 4 is 23.1 Å². The molecule has 0 spiro atoms. The third-order valence-electron chi connectivity index (χ3n) is 25.2. The first kappa shape index (κ1) is 93.4. The van der Waals surface area contributed by atoms with Crippen LogP contribution in [0.25, 0.3) is 192 Å². The Hall–Kier alpha value is -18.3. The fraction of sp³-hybridized carbons (Fsp3) is 0.0476. The third kappa shape index (κ3) is 21.6. The van der Waals surface area contributed by atoms with E-state index in [1.165, 1.54) is 110 Å². The van der Waals surface area contributed by atoms with Gasteiger partial charge in [-0.1, -0.05) is 365 Å². The highest BCUT2D eigenvalue weighted by Crippen LogP contribution is 2.37. The molecule has 0 aliphatic heterocycles. The van der Waals surface area contributed by atoms with E-state index in [0.29, 0.717) is 92.1 Å². The van der Waals surface area contributed by atoms with Gasteiger partial charge in [-0.3, -0.25) is 0 Å². The summed E-state index contributed by atoms with van der Waals surface area (Å²) in [6, 6.07) is 138. The molecule has 0 amide bonds. The fourth-order valence-electron chi connectivity index (χ4n) is 18.1. The summed E-state index contributed by atoms with van der Waals surface area (Å²) < 4.78 is 68.4. The van der Waals surface area contributed by atoms with Gasteiger partial charge in [0.25, 0.3) is 0 Å². The van der Waals surface area contributed by atoms with E-state index in [1.54, 1.807) is 60.7 Å². The zero-order valence-corrected chi connectivity index (χ0v) is 79.4. The summed E-state index contributed by atoms with van der Waals surface area (Å²) in [6.07, 6.45) is 0. The Morgan fingerprint density at radius 3 is 0.500 bits per heavy atom. The lowest BCUT2D eigenvalue weighted by Gasteiger charge is -2.24. The van der Waals surface area contributed by atoms with E-state index in [0.717, 1.165) is 100 Å². The molecule has 0 radical (unpaired) electrons. The lowest BCUT2D eigenvalue weighted by atomic mass is 9.34. The molecule has 0 aliphatic rings. The van der Waals surface area contributed by atoms with Crippen LogP contribution in [0.3, 0.4) is 0 Å². The molecule has 692 valence electrons. The molecule has 22 aromatic rings. The number of hydrogen-bond donors (Lipinski definition) is 0. The van der Waals surface area contributed by atoms with E-state index >= 15 is 0 Å². The second kappa shape index (κ2) is 42.2. The molecule has 0 unspecified atom stereocenters. The van der Waals surface area contributed by atoms with Gasteiger partial charge in [-0.05, 0) is 219 Å². The summed E-state index contributed by atoms with van der Waals surface area (Å²) >= 11 is 0. The van der Waals surface area contributed by atoms with E-state index in [-0.39, 0.29) is 35.8 Å². The molecule has 18 aromatic carbocycles. The van der Waals surface area contributed by atoms with Gasteiger partial charge in [-0.15, -0.1) is 0 Å². The average Bonchev–Trinajstić information content (AvgIpc) is 0.766. The van der Waals surface area contributed by atoms with Gasteiger partial charge in [0, 0.05) is 66.8 Å². The number of aromatic nitrogens is 12. The largest absolute Gasteiger partial charge is 0.242 e. The van der Waals surface area contributed by atoms with E-state index in [2.05, 4.69) is 191 Å². The first-order valence-electron chi connectivity index (χ1n) is 47.2. The maximum atomic E-state index is 13.8. The SMILES string of the molecule is Cc1cc(C)c(B(c2ccc(-c3ccc(-c4nc(-c5ccc(F)cc5)nc(-c5ccc(F)cc5)n4)cc3)cc2)c2c(C)cc(C)cc2C)c(C)c1.Fc1ccc(-c2ccc(-c3nc(-c4ccc(-c5ccccc5)cc4)nc(-c4ccc(-c5ccccc5)cc4)n3)cc2)cc1.Fc1ccc(-c2nc(-c3ccc(F)cc3)nc(-c3cccc(-c4cccc(-c5nc(-c6ccccc6)nc(-c6ccccc6)n5)c4)c3)n2)cc1. The predicted molar refractivity (Wildman–Crippen MR) is 571 cm³/mol. The Bertz CT molecular complexity index is 7950. The Balaban J connectivity index is 0.000000132. The van der Waals surface area contributed by atoms with Gasteiger partial charge < -0.3 is 0 Å². The molecule has 0 aliphatic carbocycles. The topological polar surface area (TPSA) is 155 Å². The minimum Gasteiger partial charge on any atom is -0.208 e. The number of benzene rings is 18. The van der Waals surface area contributed by atoms with Crippen LogP contribution in [0.4, 0.5) is 22.0 Å². The minimum atomic E-state index is -0.360. The van der Waals surface area contributed by atoms with Crippen molar-refractivity contribution in [3.05, 3.63) is 499 Å².